The van der Waals surface area contributed by atoms with Crippen LogP contribution in [0.3, 0.4) is 0 Å². The summed E-state index contributed by atoms with van der Waals surface area (Å²) in [6.45, 7) is 2.22. The summed E-state index contributed by atoms with van der Waals surface area (Å²) >= 11 is 0. The van der Waals surface area contributed by atoms with Gasteiger partial charge in [-0.2, -0.15) is 0 Å². The molecule has 1 amide bonds. The van der Waals surface area contributed by atoms with Crippen LogP contribution in [-0.2, 0) is 0 Å². The average Bonchev–Trinajstić information content (AvgIpc) is 2.97. The molecule has 0 atom stereocenters. The maximum atomic E-state index is 12.5. The lowest BCUT2D eigenvalue weighted by Gasteiger charge is -2.22. The van der Waals surface area contributed by atoms with E-state index < -0.39 is 0 Å². The van der Waals surface area contributed by atoms with Gasteiger partial charge in [0.1, 0.15) is 0 Å². The SMILES string of the molecule is COc1ccc(C(=O)Nc2ccc(N3CCCCCC3)cc2)cc1OC. The van der Waals surface area contributed by atoms with Gasteiger partial charge in [0.2, 0.25) is 0 Å². The summed E-state index contributed by atoms with van der Waals surface area (Å²) in [5.74, 6) is 0.969. The molecule has 0 radical (unpaired) electrons. The summed E-state index contributed by atoms with van der Waals surface area (Å²) in [6.07, 6.45) is 5.13. The summed E-state index contributed by atoms with van der Waals surface area (Å²) in [6, 6.07) is 13.2. The van der Waals surface area contributed by atoms with Gasteiger partial charge >= 0.3 is 0 Å². The van der Waals surface area contributed by atoms with Gasteiger partial charge in [0.05, 0.1) is 14.2 Å². The minimum Gasteiger partial charge on any atom is -0.493 e. The Morgan fingerprint density at radius 2 is 1.54 bits per heavy atom. The third-order valence-corrected chi connectivity index (χ3v) is 4.74. The molecule has 1 heterocycles. The van der Waals surface area contributed by atoms with Crippen LogP contribution in [0.15, 0.2) is 42.5 Å². The predicted octanol–water partition coefficient (Wildman–Crippen LogP) is 4.34. The smallest absolute Gasteiger partial charge is 0.255 e. The van der Waals surface area contributed by atoms with Crippen molar-refractivity contribution in [3.8, 4) is 11.5 Å². The van der Waals surface area contributed by atoms with E-state index in [1.165, 1.54) is 31.4 Å². The second kappa shape index (κ2) is 8.61. The highest BCUT2D eigenvalue weighted by Crippen LogP contribution is 2.28. The van der Waals surface area contributed by atoms with Crippen molar-refractivity contribution in [1.29, 1.82) is 0 Å². The fourth-order valence-corrected chi connectivity index (χ4v) is 3.27. The van der Waals surface area contributed by atoms with Crippen LogP contribution < -0.4 is 19.7 Å². The maximum absolute atomic E-state index is 12.5. The van der Waals surface area contributed by atoms with E-state index >= 15 is 0 Å². The Morgan fingerprint density at radius 3 is 2.15 bits per heavy atom. The molecular formula is C21H26N2O3. The van der Waals surface area contributed by atoms with E-state index in [1.807, 2.05) is 12.1 Å². The van der Waals surface area contributed by atoms with Crippen molar-refractivity contribution in [2.45, 2.75) is 25.7 Å². The lowest BCUT2D eigenvalue weighted by atomic mass is 10.1. The van der Waals surface area contributed by atoms with Crippen molar-refractivity contribution in [1.82, 2.24) is 0 Å². The summed E-state index contributed by atoms with van der Waals surface area (Å²) in [5, 5.41) is 2.94. The molecule has 2 aromatic carbocycles. The number of hydrogen-bond acceptors (Lipinski definition) is 4. The van der Waals surface area contributed by atoms with Crippen LogP contribution >= 0.6 is 0 Å². The molecule has 26 heavy (non-hydrogen) atoms. The molecule has 5 nitrogen and oxygen atoms in total. The Morgan fingerprint density at radius 1 is 0.885 bits per heavy atom. The number of carbonyl (C=O) groups is 1. The summed E-state index contributed by atoms with van der Waals surface area (Å²) < 4.78 is 10.5. The number of carbonyl (C=O) groups excluding carboxylic acids is 1. The molecule has 0 aromatic heterocycles. The van der Waals surface area contributed by atoms with Gasteiger partial charge in [-0.15, -0.1) is 0 Å². The number of ether oxygens (including phenoxy) is 2. The lowest BCUT2D eigenvalue weighted by Crippen LogP contribution is -2.23. The fraction of sp³-hybridized carbons (Fsp3) is 0.381. The molecular weight excluding hydrogens is 328 g/mol. The van der Waals surface area contributed by atoms with Gasteiger partial charge in [-0.25, -0.2) is 0 Å². The van der Waals surface area contributed by atoms with Gasteiger partial charge in [0, 0.05) is 30.0 Å². The highest BCUT2D eigenvalue weighted by Gasteiger charge is 2.12. The van der Waals surface area contributed by atoms with Crippen LogP contribution in [0.1, 0.15) is 36.0 Å². The third kappa shape index (κ3) is 4.28. The topological polar surface area (TPSA) is 50.8 Å². The van der Waals surface area contributed by atoms with Crippen LogP contribution in [0.4, 0.5) is 11.4 Å². The second-order valence-corrected chi connectivity index (χ2v) is 6.47. The van der Waals surface area contributed by atoms with E-state index in [2.05, 4.69) is 22.3 Å². The first-order valence-electron chi connectivity index (χ1n) is 9.09. The van der Waals surface area contributed by atoms with Crippen molar-refractivity contribution in [2.75, 3.05) is 37.5 Å². The molecule has 0 bridgehead atoms. The monoisotopic (exact) mass is 354 g/mol. The minimum absolute atomic E-state index is 0.173. The number of rotatable bonds is 5. The zero-order chi connectivity index (χ0) is 18.4. The highest BCUT2D eigenvalue weighted by molar-refractivity contribution is 6.04. The van der Waals surface area contributed by atoms with Crippen LogP contribution in [0.5, 0.6) is 11.5 Å². The van der Waals surface area contributed by atoms with Crippen molar-refractivity contribution >= 4 is 17.3 Å². The van der Waals surface area contributed by atoms with E-state index in [0.29, 0.717) is 17.1 Å². The second-order valence-electron chi connectivity index (χ2n) is 6.47. The molecule has 1 aliphatic heterocycles. The van der Waals surface area contributed by atoms with Gasteiger partial charge in [-0.05, 0) is 55.3 Å². The molecule has 1 aliphatic rings. The summed E-state index contributed by atoms with van der Waals surface area (Å²) in [5.41, 5.74) is 2.53. The van der Waals surface area contributed by atoms with Gasteiger partial charge in [0.25, 0.3) is 5.91 Å². The first-order valence-corrected chi connectivity index (χ1v) is 9.09. The molecule has 0 unspecified atom stereocenters. The van der Waals surface area contributed by atoms with Crippen LogP contribution in [0.2, 0.25) is 0 Å². The number of hydrogen-bond donors (Lipinski definition) is 1. The van der Waals surface area contributed by atoms with Crippen molar-refractivity contribution < 1.29 is 14.3 Å². The lowest BCUT2D eigenvalue weighted by molar-refractivity contribution is 0.102. The Balaban J connectivity index is 1.67. The summed E-state index contributed by atoms with van der Waals surface area (Å²) in [7, 11) is 3.13. The Bertz CT molecular complexity index is 735. The van der Waals surface area contributed by atoms with Crippen LogP contribution in [0, 0.1) is 0 Å². The third-order valence-electron chi connectivity index (χ3n) is 4.74. The normalized spacial score (nSPS) is 14.5. The average molecular weight is 354 g/mol. The van der Waals surface area contributed by atoms with Crippen molar-refractivity contribution in [3.63, 3.8) is 0 Å². The number of benzene rings is 2. The standard InChI is InChI=1S/C21H26N2O3/c1-25-19-12-7-16(15-20(19)26-2)21(24)22-17-8-10-18(11-9-17)23-13-5-3-4-6-14-23/h7-12,15H,3-6,13-14H2,1-2H3,(H,22,24). The Kier molecular flexibility index (Phi) is 6.00. The summed E-state index contributed by atoms with van der Waals surface area (Å²) in [4.78, 5) is 14.9. The minimum atomic E-state index is -0.173. The van der Waals surface area contributed by atoms with Gasteiger partial charge in [-0.3, -0.25) is 4.79 Å². The number of amides is 1. The zero-order valence-electron chi connectivity index (χ0n) is 15.5. The van der Waals surface area contributed by atoms with E-state index in [1.54, 1.807) is 32.4 Å². The predicted molar refractivity (Wildman–Crippen MR) is 105 cm³/mol. The first-order chi connectivity index (χ1) is 12.7. The zero-order valence-corrected chi connectivity index (χ0v) is 15.5. The van der Waals surface area contributed by atoms with Gasteiger partial charge in [0.15, 0.2) is 11.5 Å². The van der Waals surface area contributed by atoms with E-state index in [-0.39, 0.29) is 5.91 Å². The number of anilines is 2. The molecule has 2 aromatic rings. The van der Waals surface area contributed by atoms with Crippen LogP contribution in [0.25, 0.3) is 0 Å². The van der Waals surface area contributed by atoms with Crippen LogP contribution in [-0.4, -0.2) is 33.2 Å². The van der Waals surface area contributed by atoms with Gasteiger partial charge < -0.3 is 19.7 Å². The molecule has 138 valence electrons. The number of methoxy groups -OCH3 is 2. The molecule has 1 N–H and O–H groups in total. The molecule has 0 saturated carbocycles. The van der Waals surface area contributed by atoms with Gasteiger partial charge in [-0.1, -0.05) is 12.8 Å². The quantitative estimate of drug-likeness (QED) is 0.868. The number of nitrogens with zero attached hydrogens (tertiary/aromatic N) is 1. The largest absolute Gasteiger partial charge is 0.493 e. The van der Waals surface area contributed by atoms with E-state index in [4.69, 9.17) is 9.47 Å². The number of nitrogens with one attached hydrogen (secondary N) is 1. The maximum Gasteiger partial charge on any atom is 0.255 e. The van der Waals surface area contributed by atoms with Crippen molar-refractivity contribution in [3.05, 3.63) is 48.0 Å². The molecule has 1 saturated heterocycles. The highest BCUT2D eigenvalue weighted by atomic mass is 16.5. The Labute approximate surface area is 154 Å². The fourth-order valence-electron chi connectivity index (χ4n) is 3.27. The van der Waals surface area contributed by atoms with E-state index in [0.717, 1.165) is 18.8 Å². The molecule has 0 spiro atoms. The molecule has 5 heteroatoms. The molecule has 3 rings (SSSR count). The Hall–Kier alpha value is -2.69. The van der Waals surface area contributed by atoms with Crippen molar-refractivity contribution in [2.24, 2.45) is 0 Å². The first kappa shape index (κ1) is 18.1. The molecule has 0 aliphatic carbocycles. The molecule has 1 fully saturated rings. The van der Waals surface area contributed by atoms with E-state index in [9.17, 15) is 4.79 Å².